The summed E-state index contributed by atoms with van der Waals surface area (Å²) in [5.74, 6) is 1.28. The van der Waals surface area contributed by atoms with Gasteiger partial charge in [0, 0.05) is 39.7 Å². The lowest BCUT2D eigenvalue weighted by molar-refractivity contribution is 0.135. The molecule has 0 aliphatic carbocycles. The van der Waals surface area contributed by atoms with Crippen molar-refractivity contribution in [3.05, 3.63) is 93.6 Å². The minimum Gasteiger partial charge on any atom is -0.494 e. The number of amides is 1. The van der Waals surface area contributed by atoms with Gasteiger partial charge in [-0.2, -0.15) is 0 Å². The number of likely N-dealkylation sites (tertiary alicyclic amines) is 1. The smallest absolute Gasteiger partial charge is 0.416 e. The Balaban J connectivity index is 1.25. The average Bonchev–Trinajstić information content (AvgIpc) is 3.60. The Morgan fingerprint density at radius 2 is 1.62 bits per heavy atom. The number of carbonyl (C=O) groups excluding carboxylic acids is 1. The van der Waals surface area contributed by atoms with Crippen LogP contribution in [0.3, 0.4) is 0 Å². The van der Waals surface area contributed by atoms with Gasteiger partial charge in [-0.3, -0.25) is 4.90 Å². The van der Waals surface area contributed by atoms with Crippen LogP contribution < -0.4 is 9.47 Å². The summed E-state index contributed by atoms with van der Waals surface area (Å²) < 4.78 is 11.8. The van der Waals surface area contributed by atoms with Crippen molar-refractivity contribution in [3.8, 4) is 11.5 Å². The van der Waals surface area contributed by atoms with Crippen LogP contribution in [-0.4, -0.2) is 53.7 Å². The maximum absolute atomic E-state index is 13.5. The Labute approximate surface area is 238 Å². The molecule has 1 amide bonds. The highest BCUT2D eigenvalue weighted by Crippen LogP contribution is 2.40. The van der Waals surface area contributed by atoms with Gasteiger partial charge >= 0.3 is 6.09 Å². The summed E-state index contributed by atoms with van der Waals surface area (Å²) in [5.41, 5.74) is 4.13. The minimum atomic E-state index is -0.410. The Hall–Kier alpha value is -3.19. The SMILES string of the molecule is O=C(Oc1ccc(Cl)cc1)N1CCc2c([nH]c3ccc(Cl)cc23)C1c1ccc(OCCCN2CCCC2)cc1. The molecule has 1 fully saturated rings. The summed E-state index contributed by atoms with van der Waals surface area (Å²) in [5, 5.41) is 2.37. The van der Waals surface area contributed by atoms with Crippen molar-refractivity contribution >= 4 is 40.2 Å². The lowest BCUT2D eigenvalue weighted by atomic mass is 9.92. The molecule has 0 radical (unpaired) electrons. The predicted molar refractivity (Wildman–Crippen MR) is 155 cm³/mol. The van der Waals surface area contributed by atoms with Crippen LogP contribution in [0.5, 0.6) is 11.5 Å². The molecule has 202 valence electrons. The first-order valence-corrected chi connectivity index (χ1v) is 14.3. The fourth-order valence-electron chi connectivity index (χ4n) is 5.70. The van der Waals surface area contributed by atoms with E-state index >= 15 is 0 Å². The molecule has 1 saturated heterocycles. The number of hydrogen-bond acceptors (Lipinski definition) is 4. The number of nitrogens with one attached hydrogen (secondary N) is 1. The second kappa shape index (κ2) is 11.5. The summed E-state index contributed by atoms with van der Waals surface area (Å²) in [6.45, 7) is 4.69. The number of hydrogen-bond donors (Lipinski definition) is 1. The van der Waals surface area contributed by atoms with Crippen molar-refractivity contribution in [2.24, 2.45) is 0 Å². The van der Waals surface area contributed by atoms with Crippen LogP contribution in [0.15, 0.2) is 66.7 Å². The monoisotopic (exact) mass is 563 g/mol. The van der Waals surface area contributed by atoms with Gasteiger partial charge in [0.15, 0.2) is 0 Å². The summed E-state index contributed by atoms with van der Waals surface area (Å²) in [4.78, 5) is 21.3. The highest BCUT2D eigenvalue weighted by Gasteiger charge is 2.35. The highest BCUT2D eigenvalue weighted by molar-refractivity contribution is 6.31. The predicted octanol–water partition coefficient (Wildman–Crippen LogP) is 7.49. The normalized spacial score (nSPS) is 17.4. The van der Waals surface area contributed by atoms with E-state index in [1.54, 1.807) is 29.2 Å². The van der Waals surface area contributed by atoms with Crippen molar-refractivity contribution in [3.63, 3.8) is 0 Å². The number of nitrogens with zero attached hydrogens (tertiary/aromatic N) is 2. The van der Waals surface area contributed by atoms with Gasteiger partial charge in [0.2, 0.25) is 0 Å². The Morgan fingerprint density at radius 1 is 0.897 bits per heavy atom. The second-order valence-electron chi connectivity index (χ2n) is 10.2. The Kier molecular flexibility index (Phi) is 7.69. The van der Waals surface area contributed by atoms with Crippen LogP contribution in [0, 0.1) is 0 Å². The number of halogens is 2. The largest absolute Gasteiger partial charge is 0.494 e. The number of aromatic nitrogens is 1. The molecule has 6 nitrogen and oxygen atoms in total. The fraction of sp³-hybridized carbons (Fsp3) is 0.323. The van der Waals surface area contributed by atoms with E-state index < -0.39 is 6.09 Å². The van der Waals surface area contributed by atoms with E-state index in [0.29, 0.717) is 35.4 Å². The van der Waals surface area contributed by atoms with E-state index in [4.69, 9.17) is 32.7 Å². The molecule has 0 bridgehead atoms. The molecule has 6 rings (SSSR count). The molecule has 4 aromatic rings. The van der Waals surface area contributed by atoms with Crippen LogP contribution in [-0.2, 0) is 6.42 Å². The lowest BCUT2D eigenvalue weighted by Gasteiger charge is -2.35. The molecule has 0 spiro atoms. The first-order valence-electron chi connectivity index (χ1n) is 13.5. The molecule has 1 N–H and O–H groups in total. The zero-order chi connectivity index (χ0) is 26.8. The number of fused-ring (bicyclic) bond motifs is 3. The molecule has 39 heavy (non-hydrogen) atoms. The van der Waals surface area contributed by atoms with Crippen LogP contribution in [0.2, 0.25) is 10.0 Å². The highest BCUT2D eigenvalue weighted by atomic mass is 35.5. The number of benzene rings is 3. The van der Waals surface area contributed by atoms with Crippen molar-refractivity contribution in [2.75, 3.05) is 32.8 Å². The van der Waals surface area contributed by atoms with Crippen LogP contribution in [0.25, 0.3) is 10.9 Å². The summed E-state index contributed by atoms with van der Waals surface area (Å²) in [7, 11) is 0. The van der Waals surface area contributed by atoms with E-state index in [1.807, 2.05) is 42.5 Å². The molecular weight excluding hydrogens is 533 g/mol. The lowest BCUT2D eigenvalue weighted by Crippen LogP contribution is -2.42. The van der Waals surface area contributed by atoms with Gasteiger partial charge in [-0.1, -0.05) is 35.3 Å². The summed E-state index contributed by atoms with van der Waals surface area (Å²) in [6, 6.07) is 20.4. The van der Waals surface area contributed by atoms with Crippen LogP contribution >= 0.6 is 23.2 Å². The summed E-state index contributed by atoms with van der Waals surface area (Å²) >= 11 is 12.3. The third kappa shape index (κ3) is 5.74. The Bertz CT molecular complexity index is 1450. The van der Waals surface area contributed by atoms with E-state index in [2.05, 4.69) is 9.88 Å². The quantitative estimate of drug-likeness (QED) is 0.237. The molecule has 0 saturated carbocycles. The van der Waals surface area contributed by atoms with Gasteiger partial charge in [0.05, 0.1) is 6.61 Å². The number of H-pyrrole nitrogens is 1. The fourth-order valence-corrected chi connectivity index (χ4v) is 5.99. The molecule has 2 aliphatic heterocycles. The van der Waals surface area contributed by atoms with Gasteiger partial charge in [-0.15, -0.1) is 0 Å². The van der Waals surface area contributed by atoms with E-state index in [0.717, 1.165) is 40.9 Å². The molecular formula is C31H31Cl2N3O3. The zero-order valence-corrected chi connectivity index (χ0v) is 23.2. The van der Waals surface area contributed by atoms with Crippen LogP contribution in [0.4, 0.5) is 4.79 Å². The van der Waals surface area contributed by atoms with E-state index in [-0.39, 0.29) is 6.04 Å². The molecule has 8 heteroatoms. The molecule has 3 aromatic carbocycles. The maximum atomic E-state index is 13.5. The van der Waals surface area contributed by atoms with Gasteiger partial charge < -0.3 is 19.4 Å². The minimum absolute atomic E-state index is 0.344. The number of rotatable bonds is 7. The van der Waals surface area contributed by atoms with Crippen molar-refractivity contribution in [1.29, 1.82) is 0 Å². The first-order chi connectivity index (χ1) is 19.0. The number of carbonyl (C=O) groups is 1. The van der Waals surface area contributed by atoms with E-state index in [9.17, 15) is 4.79 Å². The average molecular weight is 565 g/mol. The van der Waals surface area contributed by atoms with Gasteiger partial charge in [0.1, 0.15) is 17.5 Å². The van der Waals surface area contributed by atoms with Gasteiger partial charge in [-0.05, 0) is 104 Å². The third-order valence-corrected chi connectivity index (χ3v) is 8.11. The summed E-state index contributed by atoms with van der Waals surface area (Å²) in [6.07, 6.45) is 3.90. The van der Waals surface area contributed by atoms with Crippen LogP contribution in [0.1, 0.15) is 42.1 Å². The van der Waals surface area contributed by atoms with Gasteiger partial charge in [-0.25, -0.2) is 4.79 Å². The number of ether oxygens (including phenoxy) is 2. The topological polar surface area (TPSA) is 57.8 Å². The van der Waals surface area contributed by atoms with E-state index in [1.165, 1.54) is 31.5 Å². The van der Waals surface area contributed by atoms with Crippen molar-refractivity contribution < 1.29 is 14.3 Å². The molecule has 1 atom stereocenters. The number of aromatic amines is 1. The van der Waals surface area contributed by atoms with Crippen molar-refractivity contribution in [1.82, 2.24) is 14.8 Å². The molecule has 3 heterocycles. The third-order valence-electron chi connectivity index (χ3n) is 7.62. The van der Waals surface area contributed by atoms with Crippen molar-refractivity contribution in [2.45, 2.75) is 31.7 Å². The van der Waals surface area contributed by atoms with Gasteiger partial charge in [0.25, 0.3) is 0 Å². The maximum Gasteiger partial charge on any atom is 0.416 e. The first kappa shape index (κ1) is 26.1. The standard InChI is InChI=1S/C31H31Cl2N3O3/c32-22-6-11-25(12-7-22)39-31(37)36-18-14-26-27-20-23(33)8-13-28(27)34-29(26)30(36)21-4-9-24(10-5-21)38-19-3-17-35-15-1-2-16-35/h4-13,20,30,34H,1-3,14-19H2. The zero-order valence-electron chi connectivity index (χ0n) is 21.7. The molecule has 1 aromatic heterocycles. The molecule has 2 aliphatic rings. The molecule has 1 unspecified atom stereocenters. The Morgan fingerprint density at radius 3 is 2.38 bits per heavy atom. The second-order valence-corrected chi connectivity index (χ2v) is 11.1.